The Bertz CT molecular complexity index is 846. The molecule has 4 nitrogen and oxygen atoms in total. The SMILES string of the molecule is CC(C)CC(=O)Nc1ccc(C2SCC(=O)N2c2ccccc2C(C)C)cc1. The van der Waals surface area contributed by atoms with Crippen LogP contribution in [0.2, 0.25) is 0 Å². The molecule has 3 rings (SSSR count). The Morgan fingerprint density at radius 2 is 1.79 bits per heavy atom. The molecular weight excluding hydrogens is 368 g/mol. The van der Waals surface area contributed by atoms with Crippen molar-refractivity contribution in [2.24, 2.45) is 5.92 Å². The number of anilines is 2. The molecule has 28 heavy (non-hydrogen) atoms. The van der Waals surface area contributed by atoms with E-state index in [0.29, 0.717) is 24.0 Å². The molecule has 2 aromatic carbocycles. The summed E-state index contributed by atoms with van der Waals surface area (Å²) in [6, 6.07) is 16.0. The number of nitrogens with zero attached hydrogens (tertiary/aromatic N) is 1. The van der Waals surface area contributed by atoms with E-state index in [0.717, 1.165) is 16.9 Å². The second kappa shape index (κ2) is 8.82. The molecule has 0 radical (unpaired) electrons. The number of carbonyl (C=O) groups excluding carboxylic acids is 2. The molecule has 1 atom stereocenters. The lowest BCUT2D eigenvalue weighted by Gasteiger charge is -2.27. The highest BCUT2D eigenvalue weighted by Crippen LogP contribution is 2.44. The first kappa shape index (κ1) is 20.5. The van der Waals surface area contributed by atoms with Crippen LogP contribution in [0.15, 0.2) is 48.5 Å². The van der Waals surface area contributed by atoms with E-state index in [1.165, 1.54) is 5.56 Å². The number of hydrogen-bond donors (Lipinski definition) is 1. The molecule has 1 N–H and O–H groups in total. The standard InChI is InChI=1S/C23H28N2O2S/c1-15(2)13-21(26)24-18-11-9-17(10-12-18)23-25(22(27)14-28-23)20-8-6-5-7-19(20)16(3)4/h5-12,15-16,23H,13-14H2,1-4H3,(H,24,26). The fourth-order valence-corrected chi connectivity index (χ4v) is 4.61. The van der Waals surface area contributed by atoms with E-state index in [2.05, 4.69) is 25.2 Å². The third-order valence-electron chi connectivity index (χ3n) is 4.76. The van der Waals surface area contributed by atoms with Gasteiger partial charge in [-0.05, 0) is 41.2 Å². The Hall–Kier alpha value is -2.27. The topological polar surface area (TPSA) is 49.4 Å². The van der Waals surface area contributed by atoms with Gasteiger partial charge in [-0.2, -0.15) is 0 Å². The van der Waals surface area contributed by atoms with Crippen molar-refractivity contribution in [3.8, 4) is 0 Å². The lowest BCUT2D eigenvalue weighted by Crippen LogP contribution is -2.29. The zero-order chi connectivity index (χ0) is 20.3. The van der Waals surface area contributed by atoms with Gasteiger partial charge < -0.3 is 5.32 Å². The van der Waals surface area contributed by atoms with E-state index in [9.17, 15) is 9.59 Å². The molecule has 1 unspecified atom stereocenters. The monoisotopic (exact) mass is 396 g/mol. The summed E-state index contributed by atoms with van der Waals surface area (Å²) in [5.74, 6) is 1.31. The van der Waals surface area contributed by atoms with Gasteiger partial charge in [0.25, 0.3) is 0 Å². The van der Waals surface area contributed by atoms with Crippen LogP contribution in [0.4, 0.5) is 11.4 Å². The molecular formula is C23H28N2O2S. The maximum atomic E-state index is 12.7. The average Bonchev–Trinajstić information content (AvgIpc) is 3.03. The minimum absolute atomic E-state index is 0.0284. The number of rotatable bonds is 6. The molecule has 1 aliphatic rings. The summed E-state index contributed by atoms with van der Waals surface area (Å²) >= 11 is 1.64. The second-order valence-electron chi connectivity index (χ2n) is 7.91. The van der Waals surface area contributed by atoms with Crippen LogP contribution in [0.1, 0.15) is 56.5 Å². The van der Waals surface area contributed by atoms with Gasteiger partial charge in [0.2, 0.25) is 11.8 Å². The van der Waals surface area contributed by atoms with Gasteiger partial charge in [0, 0.05) is 17.8 Å². The van der Waals surface area contributed by atoms with E-state index in [4.69, 9.17) is 0 Å². The van der Waals surface area contributed by atoms with Crippen LogP contribution in [0, 0.1) is 5.92 Å². The number of para-hydroxylation sites is 1. The number of amides is 2. The summed E-state index contributed by atoms with van der Waals surface area (Å²) in [6.07, 6.45) is 0.508. The first-order chi connectivity index (χ1) is 13.4. The second-order valence-corrected chi connectivity index (χ2v) is 8.98. The maximum Gasteiger partial charge on any atom is 0.238 e. The normalized spacial score (nSPS) is 16.9. The third-order valence-corrected chi connectivity index (χ3v) is 5.97. The Morgan fingerprint density at radius 1 is 1.11 bits per heavy atom. The minimum atomic E-state index is -0.0483. The largest absolute Gasteiger partial charge is 0.326 e. The minimum Gasteiger partial charge on any atom is -0.326 e. The molecule has 1 saturated heterocycles. The van der Waals surface area contributed by atoms with Gasteiger partial charge in [-0.25, -0.2) is 0 Å². The molecule has 0 saturated carbocycles. The van der Waals surface area contributed by atoms with Crippen molar-refractivity contribution >= 4 is 35.0 Å². The molecule has 148 valence electrons. The summed E-state index contributed by atoms with van der Waals surface area (Å²) in [5.41, 5.74) is 4.03. The highest BCUT2D eigenvalue weighted by atomic mass is 32.2. The van der Waals surface area contributed by atoms with Gasteiger partial charge in [0.05, 0.1) is 5.75 Å². The number of benzene rings is 2. The molecule has 2 amide bonds. The first-order valence-corrected chi connectivity index (χ1v) is 10.8. The summed E-state index contributed by atoms with van der Waals surface area (Å²) in [5, 5.41) is 2.89. The van der Waals surface area contributed by atoms with E-state index >= 15 is 0 Å². The summed E-state index contributed by atoms with van der Waals surface area (Å²) in [6.45, 7) is 8.35. The zero-order valence-electron chi connectivity index (χ0n) is 16.9. The molecule has 1 fully saturated rings. The van der Waals surface area contributed by atoms with Crippen molar-refractivity contribution < 1.29 is 9.59 Å². The highest BCUT2D eigenvalue weighted by molar-refractivity contribution is 8.00. The molecule has 1 heterocycles. The lowest BCUT2D eigenvalue weighted by atomic mass is 10.00. The third kappa shape index (κ3) is 4.58. The van der Waals surface area contributed by atoms with Gasteiger partial charge in [-0.1, -0.05) is 58.0 Å². The average molecular weight is 397 g/mol. The molecule has 1 aliphatic heterocycles. The predicted molar refractivity (Wildman–Crippen MR) is 118 cm³/mol. The fraction of sp³-hybridized carbons (Fsp3) is 0.391. The summed E-state index contributed by atoms with van der Waals surface area (Å²) < 4.78 is 0. The molecule has 5 heteroatoms. The Balaban J connectivity index is 1.83. The maximum absolute atomic E-state index is 12.7. The summed E-state index contributed by atoms with van der Waals surface area (Å²) in [7, 11) is 0. The van der Waals surface area contributed by atoms with Crippen LogP contribution in [0.5, 0.6) is 0 Å². The van der Waals surface area contributed by atoms with Gasteiger partial charge in [-0.3, -0.25) is 14.5 Å². The number of nitrogens with one attached hydrogen (secondary N) is 1. The molecule has 0 aliphatic carbocycles. The van der Waals surface area contributed by atoms with Crippen LogP contribution in [0.25, 0.3) is 0 Å². The lowest BCUT2D eigenvalue weighted by molar-refractivity contribution is -0.117. The van der Waals surface area contributed by atoms with Crippen LogP contribution in [0.3, 0.4) is 0 Å². The zero-order valence-corrected chi connectivity index (χ0v) is 17.8. The fourth-order valence-electron chi connectivity index (χ4n) is 3.44. The van der Waals surface area contributed by atoms with E-state index < -0.39 is 0 Å². The van der Waals surface area contributed by atoms with Gasteiger partial charge in [0.15, 0.2) is 0 Å². The molecule has 0 spiro atoms. The molecule has 0 bridgehead atoms. The molecule has 2 aromatic rings. The van der Waals surface area contributed by atoms with E-state index in [1.807, 2.05) is 61.2 Å². The summed E-state index contributed by atoms with van der Waals surface area (Å²) in [4.78, 5) is 26.6. The van der Waals surface area contributed by atoms with Crippen LogP contribution >= 0.6 is 11.8 Å². The van der Waals surface area contributed by atoms with E-state index in [1.54, 1.807) is 11.8 Å². The predicted octanol–water partition coefficient (Wildman–Crippen LogP) is 5.57. The molecule has 0 aromatic heterocycles. The van der Waals surface area contributed by atoms with Crippen molar-refractivity contribution in [3.63, 3.8) is 0 Å². The Labute approximate surface area is 171 Å². The number of hydrogen-bond acceptors (Lipinski definition) is 3. The van der Waals surface area contributed by atoms with Crippen LogP contribution < -0.4 is 10.2 Å². The van der Waals surface area contributed by atoms with E-state index in [-0.39, 0.29) is 17.2 Å². The van der Waals surface area contributed by atoms with Crippen molar-refractivity contribution in [1.82, 2.24) is 0 Å². The van der Waals surface area contributed by atoms with Gasteiger partial charge in [0.1, 0.15) is 5.37 Å². The van der Waals surface area contributed by atoms with Gasteiger partial charge >= 0.3 is 0 Å². The van der Waals surface area contributed by atoms with Crippen molar-refractivity contribution in [3.05, 3.63) is 59.7 Å². The van der Waals surface area contributed by atoms with Crippen molar-refractivity contribution in [2.75, 3.05) is 16.0 Å². The van der Waals surface area contributed by atoms with Gasteiger partial charge in [-0.15, -0.1) is 11.8 Å². The smallest absolute Gasteiger partial charge is 0.238 e. The van der Waals surface area contributed by atoms with Crippen LogP contribution in [-0.4, -0.2) is 17.6 Å². The number of carbonyl (C=O) groups is 2. The van der Waals surface area contributed by atoms with Crippen molar-refractivity contribution in [2.45, 2.75) is 45.4 Å². The van der Waals surface area contributed by atoms with Crippen LogP contribution in [-0.2, 0) is 9.59 Å². The Kier molecular flexibility index (Phi) is 6.45. The van der Waals surface area contributed by atoms with Crippen molar-refractivity contribution in [1.29, 1.82) is 0 Å². The number of thioether (sulfide) groups is 1. The quantitative estimate of drug-likeness (QED) is 0.694. The highest BCUT2D eigenvalue weighted by Gasteiger charge is 2.35. The Morgan fingerprint density at radius 3 is 2.43 bits per heavy atom. The first-order valence-electron chi connectivity index (χ1n) is 9.79.